The van der Waals surface area contributed by atoms with Gasteiger partial charge in [0.1, 0.15) is 11.5 Å². The summed E-state index contributed by atoms with van der Waals surface area (Å²) in [6, 6.07) is 12.8. The summed E-state index contributed by atoms with van der Waals surface area (Å²) in [5.41, 5.74) is -1.05. The first-order valence-corrected chi connectivity index (χ1v) is 12.1. The van der Waals surface area contributed by atoms with Crippen LogP contribution in [0.5, 0.6) is 0 Å². The van der Waals surface area contributed by atoms with Gasteiger partial charge in [-0.05, 0) is 36.4 Å². The number of ether oxygens (including phenoxy) is 1. The smallest absolute Gasteiger partial charge is 0.245 e. The highest BCUT2D eigenvalue weighted by atomic mass is 32.2. The Hall–Kier alpha value is -1.85. The second kappa shape index (κ2) is 7.44. The Balaban J connectivity index is 1.55. The molecule has 2 aliphatic rings. The van der Waals surface area contributed by atoms with E-state index in [9.17, 15) is 21.2 Å². The first-order chi connectivity index (χ1) is 13.8. The monoisotopic (exact) mass is 440 g/mol. The fraction of sp³-hybridized carbons (Fsp3) is 0.368. The summed E-state index contributed by atoms with van der Waals surface area (Å²) in [6.07, 6.45) is 0.443. The largest absolute Gasteiger partial charge is 0.358 e. The molecule has 10 heteroatoms. The maximum Gasteiger partial charge on any atom is 0.245 e. The van der Waals surface area contributed by atoms with E-state index in [0.29, 0.717) is 0 Å². The van der Waals surface area contributed by atoms with E-state index in [2.05, 4.69) is 0 Å². The van der Waals surface area contributed by atoms with Crippen LogP contribution in [0.3, 0.4) is 0 Å². The Morgan fingerprint density at radius 3 is 2.00 bits per heavy atom. The Morgan fingerprint density at radius 2 is 1.38 bits per heavy atom. The van der Waals surface area contributed by atoms with E-state index < -0.39 is 31.6 Å². The number of halogens is 1. The van der Waals surface area contributed by atoms with E-state index in [4.69, 9.17) is 4.74 Å². The van der Waals surface area contributed by atoms with Crippen molar-refractivity contribution in [2.75, 3.05) is 26.2 Å². The van der Waals surface area contributed by atoms with E-state index >= 15 is 0 Å². The van der Waals surface area contributed by atoms with Crippen LogP contribution in [-0.2, 0) is 24.8 Å². The van der Waals surface area contributed by atoms with Gasteiger partial charge in [0.05, 0.1) is 16.4 Å². The fourth-order valence-electron chi connectivity index (χ4n) is 3.88. The molecule has 2 aliphatic heterocycles. The van der Waals surface area contributed by atoms with Crippen LogP contribution in [0.25, 0.3) is 0 Å². The van der Waals surface area contributed by atoms with Crippen LogP contribution in [0, 0.1) is 5.82 Å². The molecule has 2 aromatic carbocycles. The molecular weight excluding hydrogens is 419 g/mol. The van der Waals surface area contributed by atoms with Gasteiger partial charge in [-0.15, -0.1) is 0 Å². The molecule has 2 fully saturated rings. The van der Waals surface area contributed by atoms with Gasteiger partial charge in [-0.3, -0.25) is 0 Å². The lowest BCUT2D eigenvalue weighted by molar-refractivity contribution is -0.0806. The molecule has 0 N–H and O–H groups in total. The second-order valence-corrected chi connectivity index (χ2v) is 10.8. The van der Waals surface area contributed by atoms with Gasteiger partial charge in [0.25, 0.3) is 0 Å². The summed E-state index contributed by atoms with van der Waals surface area (Å²) in [6.45, 7) is 0.708. The molecule has 156 valence electrons. The summed E-state index contributed by atoms with van der Waals surface area (Å²) in [5, 5.41) is 0. The molecular formula is C19H21FN2O5S2. The predicted octanol–water partition coefficient (Wildman–Crippen LogP) is 2.03. The number of hydrogen-bond donors (Lipinski definition) is 0. The number of sulfonamides is 2. The molecule has 0 atom stereocenters. The van der Waals surface area contributed by atoms with Gasteiger partial charge >= 0.3 is 0 Å². The minimum Gasteiger partial charge on any atom is -0.358 e. The third-order valence-corrected chi connectivity index (χ3v) is 9.28. The Labute approximate surface area is 169 Å². The molecule has 29 heavy (non-hydrogen) atoms. The van der Waals surface area contributed by atoms with Crippen molar-refractivity contribution in [1.29, 1.82) is 0 Å². The average Bonchev–Trinajstić information content (AvgIpc) is 3.13. The summed E-state index contributed by atoms with van der Waals surface area (Å²) < 4.78 is 73.5. The molecule has 2 heterocycles. The van der Waals surface area contributed by atoms with Gasteiger partial charge in [-0.25, -0.2) is 21.2 Å². The van der Waals surface area contributed by atoms with Gasteiger partial charge in [0.2, 0.25) is 20.0 Å². The normalized spacial score (nSPS) is 20.9. The minimum atomic E-state index is -3.79. The molecule has 0 aliphatic carbocycles. The van der Waals surface area contributed by atoms with Gasteiger partial charge in [0, 0.05) is 32.5 Å². The first-order valence-electron chi connectivity index (χ1n) is 9.23. The van der Waals surface area contributed by atoms with E-state index in [1.807, 2.05) is 0 Å². The lowest BCUT2D eigenvalue weighted by Crippen LogP contribution is -2.55. The lowest BCUT2D eigenvalue weighted by atomic mass is 10.0. The molecule has 4 rings (SSSR count). The van der Waals surface area contributed by atoms with Crippen LogP contribution in [0.1, 0.15) is 12.8 Å². The number of hydrogen-bond acceptors (Lipinski definition) is 5. The number of benzene rings is 2. The zero-order valence-electron chi connectivity index (χ0n) is 15.6. The first kappa shape index (κ1) is 20.4. The van der Waals surface area contributed by atoms with E-state index in [-0.39, 0.29) is 48.9 Å². The van der Waals surface area contributed by atoms with Crippen molar-refractivity contribution in [2.45, 2.75) is 28.4 Å². The summed E-state index contributed by atoms with van der Waals surface area (Å²) in [7, 11) is -7.54. The molecule has 7 nitrogen and oxygen atoms in total. The van der Waals surface area contributed by atoms with Crippen molar-refractivity contribution in [3.8, 4) is 0 Å². The van der Waals surface area contributed by atoms with Crippen molar-refractivity contribution >= 4 is 20.0 Å². The molecule has 0 bridgehead atoms. The van der Waals surface area contributed by atoms with Crippen LogP contribution in [-0.4, -0.2) is 57.4 Å². The van der Waals surface area contributed by atoms with Crippen molar-refractivity contribution in [3.05, 3.63) is 60.4 Å². The zero-order chi connectivity index (χ0) is 20.7. The third-order valence-electron chi connectivity index (χ3n) is 5.41. The third kappa shape index (κ3) is 3.59. The topological polar surface area (TPSA) is 84.0 Å². The summed E-state index contributed by atoms with van der Waals surface area (Å²) in [4.78, 5) is 0.196. The number of piperidine rings is 1. The Kier molecular flexibility index (Phi) is 5.24. The van der Waals surface area contributed by atoms with Crippen LogP contribution in [0.4, 0.5) is 4.39 Å². The maximum atomic E-state index is 13.1. The van der Waals surface area contributed by atoms with Gasteiger partial charge in [-0.1, -0.05) is 18.2 Å². The highest BCUT2D eigenvalue weighted by Crippen LogP contribution is 2.39. The number of rotatable bonds is 4. The van der Waals surface area contributed by atoms with E-state index in [1.165, 1.54) is 32.9 Å². The molecule has 1 spiro atoms. The molecule has 0 unspecified atom stereocenters. The van der Waals surface area contributed by atoms with Gasteiger partial charge in [0.15, 0.2) is 0 Å². The van der Waals surface area contributed by atoms with Gasteiger partial charge < -0.3 is 4.74 Å². The van der Waals surface area contributed by atoms with Crippen LogP contribution in [0.2, 0.25) is 0 Å². The van der Waals surface area contributed by atoms with Crippen molar-refractivity contribution in [2.24, 2.45) is 0 Å². The van der Waals surface area contributed by atoms with Crippen LogP contribution in [0.15, 0.2) is 64.4 Å². The minimum absolute atomic E-state index is 0.0101. The zero-order valence-corrected chi connectivity index (χ0v) is 17.2. The molecule has 0 radical (unpaired) electrons. The highest BCUT2D eigenvalue weighted by molar-refractivity contribution is 7.89. The highest BCUT2D eigenvalue weighted by Gasteiger charge is 2.51. The number of nitrogens with zero attached hydrogens (tertiary/aromatic N) is 2. The van der Waals surface area contributed by atoms with Gasteiger partial charge in [-0.2, -0.15) is 8.61 Å². The van der Waals surface area contributed by atoms with Crippen LogP contribution >= 0.6 is 0 Å². The maximum absolute atomic E-state index is 13.1. The average molecular weight is 441 g/mol. The predicted molar refractivity (Wildman–Crippen MR) is 103 cm³/mol. The quantitative estimate of drug-likeness (QED) is 0.726. The fourth-order valence-corrected chi connectivity index (χ4v) is 7.06. The molecule has 2 saturated heterocycles. The summed E-state index contributed by atoms with van der Waals surface area (Å²) in [5.74, 6) is -0.511. The van der Waals surface area contributed by atoms with E-state index in [0.717, 1.165) is 12.1 Å². The molecule has 0 saturated carbocycles. The van der Waals surface area contributed by atoms with Crippen molar-refractivity contribution in [1.82, 2.24) is 8.61 Å². The summed E-state index contributed by atoms with van der Waals surface area (Å²) >= 11 is 0. The Bertz CT molecular complexity index is 1080. The molecule has 0 aromatic heterocycles. The van der Waals surface area contributed by atoms with Crippen LogP contribution < -0.4 is 0 Å². The van der Waals surface area contributed by atoms with Crippen molar-refractivity contribution in [3.63, 3.8) is 0 Å². The molecule has 2 aromatic rings. The molecule has 0 amide bonds. The van der Waals surface area contributed by atoms with Crippen molar-refractivity contribution < 1.29 is 26.0 Å². The SMILES string of the molecule is O=S(=O)(c1ccc(F)cc1)N1CCC2(CC1)OCCN2S(=O)(=O)c1ccccc1. The Morgan fingerprint density at radius 1 is 0.793 bits per heavy atom. The standard InChI is InChI=1S/C19H21FN2O5S2/c20-16-6-8-18(9-7-16)28(23,24)21-12-10-19(11-13-21)22(14-15-27-19)29(25,26)17-4-2-1-3-5-17/h1-9H,10-15H2. The second-order valence-electron chi connectivity index (χ2n) is 7.04. The van der Waals surface area contributed by atoms with E-state index in [1.54, 1.807) is 18.2 Å². The lowest BCUT2D eigenvalue weighted by Gasteiger charge is -2.42.